The molecule has 3 rings (SSSR count). The summed E-state index contributed by atoms with van der Waals surface area (Å²) in [6, 6.07) is 7.43. The van der Waals surface area contributed by atoms with Crippen molar-refractivity contribution in [2.75, 3.05) is 12.3 Å². The van der Waals surface area contributed by atoms with E-state index in [2.05, 4.69) is 4.99 Å². The number of amides is 1. The molecule has 1 aromatic rings. The molecule has 0 N–H and O–H groups in total. The van der Waals surface area contributed by atoms with Crippen molar-refractivity contribution in [3.05, 3.63) is 40.5 Å². The molecule has 0 spiro atoms. The van der Waals surface area contributed by atoms with Crippen molar-refractivity contribution in [3.8, 4) is 0 Å². The molecule has 0 bridgehead atoms. The molecule has 3 nitrogen and oxygen atoms in total. The highest BCUT2D eigenvalue weighted by Gasteiger charge is 2.34. The molecule has 5 heteroatoms. The molecular formula is C12H9ClN2OS. The quantitative estimate of drug-likeness (QED) is 0.731. The first-order valence-corrected chi connectivity index (χ1v) is 6.61. The Balaban J connectivity index is 1.99. The van der Waals surface area contributed by atoms with Gasteiger partial charge in [0.05, 0.1) is 0 Å². The number of hydrogen-bond acceptors (Lipinski definition) is 3. The molecular weight excluding hydrogens is 256 g/mol. The minimum Gasteiger partial charge on any atom is -0.285 e. The van der Waals surface area contributed by atoms with Gasteiger partial charge in [-0.2, -0.15) is 0 Å². The number of fused-ring (bicyclic) bond motifs is 1. The Hall–Kier alpha value is -1.26. The number of thioether (sulfide) groups is 1. The molecule has 0 aromatic heterocycles. The number of hydrogen-bond donors (Lipinski definition) is 0. The van der Waals surface area contributed by atoms with Crippen molar-refractivity contribution >= 4 is 40.5 Å². The number of halogens is 1. The van der Waals surface area contributed by atoms with Crippen LogP contribution in [-0.4, -0.2) is 28.3 Å². The molecule has 2 aliphatic rings. The van der Waals surface area contributed by atoms with Crippen molar-refractivity contribution in [2.45, 2.75) is 0 Å². The average molecular weight is 265 g/mol. The fourth-order valence-corrected chi connectivity index (χ4v) is 2.95. The molecule has 2 aliphatic heterocycles. The Bertz CT molecular complexity index is 553. The molecule has 0 aliphatic carbocycles. The molecule has 1 aromatic carbocycles. The van der Waals surface area contributed by atoms with Crippen LogP contribution >= 0.6 is 23.4 Å². The van der Waals surface area contributed by atoms with Crippen molar-refractivity contribution in [1.29, 1.82) is 0 Å². The summed E-state index contributed by atoms with van der Waals surface area (Å²) in [5.74, 6) is 0.911. The van der Waals surface area contributed by atoms with Crippen molar-refractivity contribution in [1.82, 2.24) is 4.90 Å². The van der Waals surface area contributed by atoms with Gasteiger partial charge in [0.1, 0.15) is 5.70 Å². The van der Waals surface area contributed by atoms with Gasteiger partial charge in [0.15, 0.2) is 5.17 Å². The van der Waals surface area contributed by atoms with Crippen LogP contribution in [0.25, 0.3) is 6.08 Å². The van der Waals surface area contributed by atoms with Gasteiger partial charge < -0.3 is 0 Å². The first-order chi connectivity index (χ1) is 8.25. The molecule has 1 saturated heterocycles. The van der Waals surface area contributed by atoms with E-state index in [0.717, 1.165) is 23.0 Å². The Kier molecular flexibility index (Phi) is 2.68. The van der Waals surface area contributed by atoms with Gasteiger partial charge in [0.2, 0.25) is 0 Å². The Morgan fingerprint density at radius 3 is 3.00 bits per heavy atom. The summed E-state index contributed by atoms with van der Waals surface area (Å²) in [5, 5.41) is 1.45. The van der Waals surface area contributed by atoms with Gasteiger partial charge in [-0.25, -0.2) is 4.99 Å². The topological polar surface area (TPSA) is 32.7 Å². The van der Waals surface area contributed by atoms with Gasteiger partial charge >= 0.3 is 0 Å². The molecule has 1 fully saturated rings. The molecule has 1 amide bonds. The lowest BCUT2D eigenvalue weighted by Gasteiger charge is -2.06. The van der Waals surface area contributed by atoms with Crippen molar-refractivity contribution < 1.29 is 4.79 Å². The molecule has 0 radical (unpaired) electrons. The molecule has 17 heavy (non-hydrogen) atoms. The SMILES string of the molecule is O=C1/C(=C/c2ccccc2Cl)N=C2SCCN12. The molecule has 0 saturated carbocycles. The van der Waals surface area contributed by atoms with E-state index in [4.69, 9.17) is 11.6 Å². The van der Waals surface area contributed by atoms with E-state index in [1.807, 2.05) is 18.2 Å². The Morgan fingerprint density at radius 1 is 1.41 bits per heavy atom. The van der Waals surface area contributed by atoms with Crippen LogP contribution < -0.4 is 0 Å². The third kappa shape index (κ3) is 1.87. The largest absolute Gasteiger partial charge is 0.285 e. The fraction of sp³-hybridized carbons (Fsp3) is 0.167. The van der Waals surface area contributed by atoms with E-state index < -0.39 is 0 Å². The highest BCUT2D eigenvalue weighted by Crippen LogP contribution is 2.29. The second kappa shape index (κ2) is 4.20. The number of nitrogens with zero attached hydrogens (tertiary/aromatic N) is 2. The maximum atomic E-state index is 12.0. The van der Waals surface area contributed by atoms with E-state index in [0.29, 0.717) is 10.7 Å². The summed E-state index contributed by atoms with van der Waals surface area (Å²) in [6.45, 7) is 0.752. The monoisotopic (exact) mass is 264 g/mol. The number of carbonyl (C=O) groups excluding carboxylic acids is 1. The number of benzene rings is 1. The smallest absolute Gasteiger partial charge is 0.278 e. The van der Waals surface area contributed by atoms with Gasteiger partial charge in [0, 0.05) is 17.3 Å². The maximum Gasteiger partial charge on any atom is 0.278 e. The van der Waals surface area contributed by atoms with Gasteiger partial charge in [-0.3, -0.25) is 9.69 Å². The molecule has 0 unspecified atom stereocenters. The van der Waals surface area contributed by atoms with Crippen LogP contribution in [0.15, 0.2) is 35.0 Å². The van der Waals surface area contributed by atoms with Crippen LogP contribution in [0.2, 0.25) is 5.02 Å². The molecule has 2 heterocycles. The normalized spacial score (nSPS) is 21.0. The second-order valence-corrected chi connectivity index (χ2v) is 5.22. The zero-order valence-corrected chi connectivity index (χ0v) is 10.5. The third-order valence-electron chi connectivity index (χ3n) is 2.65. The highest BCUT2D eigenvalue weighted by atomic mass is 35.5. The van der Waals surface area contributed by atoms with Gasteiger partial charge in [0.25, 0.3) is 5.91 Å². The lowest BCUT2D eigenvalue weighted by Crippen LogP contribution is -2.26. The van der Waals surface area contributed by atoms with Crippen LogP contribution in [0.1, 0.15) is 5.56 Å². The first-order valence-electron chi connectivity index (χ1n) is 5.25. The van der Waals surface area contributed by atoms with E-state index in [-0.39, 0.29) is 5.91 Å². The van der Waals surface area contributed by atoms with E-state index in [1.54, 1.807) is 28.8 Å². The maximum absolute atomic E-state index is 12.0. The minimum absolute atomic E-state index is 0.0232. The number of amidine groups is 1. The standard InChI is InChI=1S/C12H9ClN2OS/c13-9-4-2-1-3-8(9)7-10-11(16)15-5-6-17-12(15)14-10/h1-4,7H,5-6H2/b10-7-. The van der Waals surface area contributed by atoms with Crippen molar-refractivity contribution in [3.63, 3.8) is 0 Å². The van der Waals surface area contributed by atoms with E-state index in [1.165, 1.54) is 0 Å². The zero-order valence-electron chi connectivity index (χ0n) is 8.89. The van der Waals surface area contributed by atoms with Gasteiger partial charge in [-0.15, -0.1) is 0 Å². The second-order valence-electron chi connectivity index (χ2n) is 3.75. The molecule has 0 atom stereocenters. The van der Waals surface area contributed by atoms with Crippen LogP contribution in [0.3, 0.4) is 0 Å². The summed E-state index contributed by atoms with van der Waals surface area (Å²) >= 11 is 7.66. The predicted molar refractivity (Wildman–Crippen MR) is 71.0 cm³/mol. The zero-order chi connectivity index (χ0) is 11.8. The lowest BCUT2D eigenvalue weighted by atomic mass is 10.2. The minimum atomic E-state index is -0.0232. The molecule has 86 valence electrons. The van der Waals surface area contributed by atoms with Crippen LogP contribution in [0.4, 0.5) is 0 Å². The summed E-state index contributed by atoms with van der Waals surface area (Å²) in [5.41, 5.74) is 1.30. The van der Waals surface area contributed by atoms with Gasteiger partial charge in [-0.1, -0.05) is 41.6 Å². The summed E-state index contributed by atoms with van der Waals surface area (Å²) < 4.78 is 0. The van der Waals surface area contributed by atoms with Gasteiger partial charge in [-0.05, 0) is 17.7 Å². The lowest BCUT2D eigenvalue weighted by molar-refractivity contribution is -0.122. The van der Waals surface area contributed by atoms with Crippen LogP contribution in [0, 0.1) is 0 Å². The summed E-state index contributed by atoms with van der Waals surface area (Å²) in [4.78, 5) is 18.0. The number of carbonyl (C=O) groups is 1. The van der Waals surface area contributed by atoms with E-state index in [9.17, 15) is 4.79 Å². The summed E-state index contributed by atoms with van der Waals surface area (Å²) in [7, 11) is 0. The third-order valence-corrected chi connectivity index (χ3v) is 3.96. The average Bonchev–Trinajstić information content (AvgIpc) is 2.87. The fourth-order valence-electron chi connectivity index (χ4n) is 1.81. The van der Waals surface area contributed by atoms with Crippen LogP contribution in [0.5, 0.6) is 0 Å². The highest BCUT2D eigenvalue weighted by molar-refractivity contribution is 8.14. The number of rotatable bonds is 1. The van der Waals surface area contributed by atoms with Crippen LogP contribution in [-0.2, 0) is 4.79 Å². The van der Waals surface area contributed by atoms with Crippen molar-refractivity contribution in [2.24, 2.45) is 4.99 Å². The summed E-state index contributed by atoms with van der Waals surface area (Å²) in [6.07, 6.45) is 1.75. The Labute approximate surface area is 108 Å². The van der Waals surface area contributed by atoms with E-state index >= 15 is 0 Å². The predicted octanol–water partition coefficient (Wildman–Crippen LogP) is 2.63. The Morgan fingerprint density at radius 2 is 2.24 bits per heavy atom. The number of aliphatic imine (C=N–C) groups is 1. The first kappa shape index (κ1) is 10.9.